The number of rotatable bonds is 7. The monoisotopic (exact) mass is 554 g/mol. The summed E-state index contributed by atoms with van der Waals surface area (Å²) in [6.45, 7) is 0.807. The molecule has 0 fully saturated rings. The van der Waals surface area contributed by atoms with Gasteiger partial charge in [0.15, 0.2) is 5.69 Å². The largest absolute Gasteiger partial charge is 0.497 e. The van der Waals surface area contributed by atoms with Crippen LogP contribution < -0.4 is 15.1 Å². The Kier molecular flexibility index (Phi) is 6.94. The van der Waals surface area contributed by atoms with Gasteiger partial charge in [-0.25, -0.2) is 0 Å². The Morgan fingerprint density at radius 3 is 2.17 bits per heavy atom. The Bertz CT molecular complexity index is 1630. The second-order valence-corrected chi connectivity index (χ2v) is 9.79. The van der Waals surface area contributed by atoms with Gasteiger partial charge in [-0.3, -0.25) is 14.9 Å². The minimum Gasteiger partial charge on any atom is -0.497 e. The van der Waals surface area contributed by atoms with Crippen LogP contribution in [-0.4, -0.2) is 50.5 Å². The summed E-state index contributed by atoms with van der Waals surface area (Å²) >= 11 is 0. The molecule has 4 aromatic rings. The number of methoxy groups -OCH3 is 2. The number of aryl methyl sites for hydroxylation is 2. The standard InChI is InChI=1S/C28H29F3N6O3/c1-34-7-8-37(27(34)32)15-18-11-22(24-16-35(2)33-25(24)28(29,30)31)21-5-6-36(26(38)23(21)12-18)14-17-9-19(39-3)13-20(10-17)40-4/h7-13,16,32H,5-6,14-15H2,1-4H3. The third-order valence-corrected chi connectivity index (χ3v) is 7.06. The number of nitrogens with zero attached hydrogens (tertiary/aromatic N) is 5. The lowest BCUT2D eigenvalue weighted by atomic mass is 9.88. The number of carbonyl (C=O) groups excluding carboxylic acids is 1. The molecule has 210 valence electrons. The van der Waals surface area contributed by atoms with Crippen LogP contribution in [0.15, 0.2) is 48.9 Å². The molecular formula is C28H29F3N6O3. The van der Waals surface area contributed by atoms with Crippen molar-refractivity contribution in [1.29, 1.82) is 5.41 Å². The van der Waals surface area contributed by atoms with Crippen molar-refractivity contribution < 1.29 is 27.4 Å². The van der Waals surface area contributed by atoms with Crippen LogP contribution in [-0.2, 0) is 39.8 Å². The predicted octanol–water partition coefficient (Wildman–Crippen LogP) is 3.99. The van der Waals surface area contributed by atoms with Gasteiger partial charge in [-0.15, -0.1) is 0 Å². The highest BCUT2D eigenvalue weighted by molar-refractivity contribution is 5.99. The Morgan fingerprint density at radius 1 is 0.925 bits per heavy atom. The minimum atomic E-state index is -4.67. The summed E-state index contributed by atoms with van der Waals surface area (Å²) in [5.74, 6) is 0.894. The highest BCUT2D eigenvalue weighted by Gasteiger charge is 2.39. The van der Waals surface area contributed by atoms with Crippen LogP contribution in [0.4, 0.5) is 13.2 Å². The summed E-state index contributed by atoms with van der Waals surface area (Å²) in [4.78, 5) is 15.5. The molecule has 0 aliphatic carbocycles. The average Bonchev–Trinajstić information content (AvgIpc) is 3.47. The molecule has 0 spiro atoms. The summed E-state index contributed by atoms with van der Waals surface area (Å²) in [5, 5.41) is 12.0. The molecule has 3 heterocycles. The van der Waals surface area contributed by atoms with Crippen LogP contribution in [0.5, 0.6) is 11.5 Å². The van der Waals surface area contributed by atoms with E-state index in [0.29, 0.717) is 46.7 Å². The topological polar surface area (TPSA) is 90.3 Å². The highest BCUT2D eigenvalue weighted by Crippen LogP contribution is 2.40. The minimum absolute atomic E-state index is 0.0731. The van der Waals surface area contributed by atoms with Crippen LogP contribution in [0.1, 0.15) is 32.7 Å². The van der Waals surface area contributed by atoms with E-state index in [0.717, 1.165) is 10.2 Å². The van der Waals surface area contributed by atoms with E-state index in [9.17, 15) is 18.0 Å². The molecule has 9 nitrogen and oxygen atoms in total. The van der Waals surface area contributed by atoms with E-state index in [4.69, 9.17) is 14.9 Å². The van der Waals surface area contributed by atoms with Crippen molar-refractivity contribution in [2.24, 2.45) is 14.1 Å². The number of imidazole rings is 1. The molecule has 2 aromatic carbocycles. The molecule has 12 heteroatoms. The number of ether oxygens (including phenoxy) is 2. The van der Waals surface area contributed by atoms with E-state index in [1.807, 2.05) is 12.1 Å². The summed E-state index contributed by atoms with van der Waals surface area (Å²) in [6.07, 6.45) is 0.480. The molecule has 0 saturated carbocycles. The Labute approximate surface area is 228 Å². The van der Waals surface area contributed by atoms with Crippen molar-refractivity contribution in [1.82, 2.24) is 23.8 Å². The van der Waals surface area contributed by atoms with Gasteiger partial charge in [-0.2, -0.15) is 18.3 Å². The molecule has 1 aliphatic rings. The van der Waals surface area contributed by atoms with Gasteiger partial charge in [0.1, 0.15) is 11.5 Å². The Hall–Kier alpha value is -4.48. The smallest absolute Gasteiger partial charge is 0.435 e. The lowest BCUT2D eigenvalue weighted by Gasteiger charge is -2.31. The fraction of sp³-hybridized carbons (Fsp3) is 0.321. The third-order valence-electron chi connectivity index (χ3n) is 7.06. The predicted molar refractivity (Wildman–Crippen MR) is 140 cm³/mol. The van der Waals surface area contributed by atoms with E-state index < -0.39 is 11.9 Å². The number of hydrogen-bond donors (Lipinski definition) is 1. The zero-order valence-corrected chi connectivity index (χ0v) is 22.5. The van der Waals surface area contributed by atoms with Crippen LogP contribution in [0.25, 0.3) is 11.1 Å². The molecule has 1 amide bonds. The molecule has 0 unspecified atom stereocenters. The Balaban J connectivity index is 1.60. The van der Waals surface area contributed by atoms with E-state index >= 15 is 0 Å². The van der Waals surface area contributed by atoms with Gasteiger partial charge in [0, 0.05) is 63.0 Å². The number of hydrogen-bond acceptors (Lipinski definition) is 5. The van der Waals surface area contributed by atoms with Crippen LogP contribution in [0, 0.1) is 5.41 Å². The summed E-state index contributed by atoms with van der Waals surface area (Å²) < 4.78 is 57.1. The fourth-order valence-electron chi connectivity index (χ4n) is 5.11. The van der Waals surface area contributed by atoms with Gasteiger partial charge in [0.2, 0.25) is 5.62 Å². The quantitative estimate of drug-likeness (QED) is 0.374. The van der Waals surface area contributed by atoms with Crippen molar-refractivity contribution in [3.8, 4) is 22.6 Å². The first-order chi connectivity index (χ1) is 19.0. The van der Waals surface area contributed by atoms with E-state index in [2.05, 4.69) is 5.10 Å². The number of alkyl halides is 3. The second kappa shape index (κ2) is 10.2. The number of fused-ring (bicyclic) bond motifs is 1. The van der Waals surface area contributed by atoms with Crippen LogP contribution >= 0.6 is 0 Å². The van der Waals surface area contributed by atoms with Crippen molar-refractivity contribution in [3.05, 3.63) is 82.5 Å². The molecule has 40 heavy (non-hydrogen) atoms. The number of halogens is 3. The number of amides is 1. The summed E-state index contributed by atoms with van der Waals surface area (Å²) in [7, 11) is 6.27. The van der Waals surface area contributed by atoms with Crippen LogP contribution in [0.2, 0.25) is 0 Å². The number of benzene rings is 2. The van der Waals surface area contributed by atoms with Gasteiger partial charge in [0.05, 0.1) is 20.8 Å². The van der Waals surface area contributed by atoms with Crippen molar-refractivity contribution >= 4 is 5.91 Å². The molecule has 0 atom stereocenters. The summed E-state index contributed by atoms with van der Waals surface area (Å²) in [6, 6.07) is 8.78. The third kappa shape index (κ3) is 5.08. The molecule has 0 radical (unpaired) electrons. The van der Waals surface area contributed by atoms with Crippen molar-refractivity contribution in [3.63, 3.8) is 0 Å². The van der Waals surface area contributed by atoms with E-state index in [1.54, 1.807) is 65.9 Å². The maximum Gasteiger partial charge on any atom is 0.435 e. The molecule has 2 aromatic heterocycles. The molecule has 0 bridgehead atoms. The average molecular weight is 555 g/mol. The van der Waals surface area contributed by atoms with E-state index in [-0.39, 0.29) is 30.2 Å². The lowest BCUT2D eigenvalue weighted by molar-refractivity contribution is -0.140. The zero-order chi connectivity index (χ0) is 28.8. The van der Waals surface area contributed by atoms with Gasteiger partial charge >= 0.3 is 6.18 Å². The SMILES string of the molecule is COc1cc(CN2CCc3c(cc(Cn4ccn(C)c4=N)cc3-c3cn(C)nc3C(F)(F)F)C2=O)cc(OC)c1. The van der Waals surface area contributed by atoms with Gasteiger partial charge in [0.25, 0.3) is 5.91 Å². The number of aromatic nitrogens is 4. The molecular weight excluding hydrogens is 525 g/mol. The lowest BCUT2D eigenvalue weighted by Crippen LogP contribution is -2.37. The first kappa shape index (κ1) is 27.1. The maximum absolute atomic E-state index is 14.0. The number of nitrogens with one attached hydrogen (secondary N) is 1. The molecule has 1 aliphatic heterocycles. The first-order valence-electron chi connectivity index (χ1n) is 12.5. The van der Waals surface area contributed by atoms with Gasteiger partial charge < -0.3 is 23.5 Å². The van der Waals surface area contributed by atoms with Crippen molar-refractivity contribution in [2.45, 2.75) is 25.7 Å². The van der Waals surface area contributed by atoms with Gasteiger partial charge in [-0.05, 0) is 52.9 Å². The summed E-state index contributed by atoms with van der Waals surface area (Å²) in [5.41, 5.74) is 1.77. The van der Waals surface area contributed by atoms with Crippen LogP contribution in [0.3, 0.4) is 0 Å². The van der Waals surface area contributed by atoms with E-state index in [1.165, 1.54) is 13.2 Å². The number of carbonyl (C=O) groups is 1. The molecule has 0 saturated heterocycles. The highest BCUT2D eigenvalue weighted by atomic mass is 19.4. The second-order valence-electron chi connectivity index (χ2n) is 9.79. The first-order valence-corrected chi connectivity index (χ1v) is 12.5. The molecule has 1 N–H and O–H groups in total. The Morgan fingerprint density at radius 2 is 1.57 bits per heavy atom. The normalized spacial score (nSPS) is 13.5. The molecule has 5 rings (SSSR count). The fourth-order valence-corrected chi connectivity index (χ4v) is 5.11. The van der Waals surface area contributed by atoms with Crippen molar-refractivity contribution in [2.75, 3.05) is 20.8 Å². The zero-order valence-electron chi connectivity index (χ0n) is 22.5. The maximum atomic E-state index is 14.0. The van der Waals surface area contributed by atoms with Gasteiger partial charge in [-0.1, -0.05) is 0 Å².